The number of nitrogens with zero attached hydrogens (tertiary/aromatic N) is 6. The Hall–Kier alpha value is -4.54. The third kappa shape index (κ3) is 5.88. The first-order chi connectivity index (χ1) is 18.5. The number of tetrazole rings is 1. The number of halogens is 2. The van der Waals surface area contributed by atoms with E-state index in [2.05, 4.69) is 35.8 Å². The average molecular weight is 546 g/mol. The van der Waals surface area contributed by atoms with Crippen LogP contribution in [0, 0.1) is 0 Å². The molecule has 0 bridgehead atoms. The van der Waals surface area contributed by atoms with Crippen molar-refractivity contribution in [2.45, 2.75) is 12.5 Å². The number of nitrogen functional groups attached to an aromatic ring is 1. The highest BCUT2D eigenvalue weighted by Gasteiger charge is 2.21. The Kier molecular flexibility index (Phi) is 7.43. The molecule has 38 heavy (non-hydrogen) atoms. The summed E-state index contributed by atoms with van der Waals surface area (Å²) in [5.41, 5.74) is 9.28. The van der Waals surface area contributed by atoms with Gasteiger partial charge >= 0.3 is 0 Å². The number of aromatic nitrogens is 7. The van der Waals surface area contributed by atoms with Crippen LogP contribution in [0.5, 0.6) is 0 Å². The summed E-state index contributed by atoms with van der Waals surface area (Å²) in [5.74, 6) is 0.561. The Balaban J connectivity index is 1.42. The summed E-state index contributed by atoms with van der Waals surface area (Å²) in [6.07, 6.45) is 6.62. The predicted molar refractivity (Wildman–Crippen MR) is 145 cm³/mol. The first kappa shape index (κ1) is 25.1. The Morgan fingerprint density at radius 3 is 2.71 bits per heavy atom. The Morgan fingerprint density at radius 1 is 1.13 bits per heavy atom. The Labute approximate surface area is 227 Å². The molecule has 3 aromatic heterocycles. The van der Waals surface area contributed by atoms with E-state index in [0.29, 0.717) is 50.7 Å². The topological polar surface area (TPSA) is 140 Å². The number of hydrogen-bond donors (Lipinski definition) is 3. The molecule has 0 aliphatic rings. The summed E-state index contributed by atoms with van der Waals surface area (Å²) in [6, 6.07) is 18.0. The molecular formula is C26H21Cl2N9O. The number of pyridine rings is 1. The maximum Gasteiger partial charge on any atom is 0.244 e. The SMILES string of the molecule is Nc1ccc(-c2nc([C@H](Cc3ccccc3)NC(=O)C=Cc3cc(Cl)ccc3-n3cnnn3)[nH]c2Cl)cn1. The van der Waals surface area contributed by atoms with Gasteiger partial charge in [-0.2, -0.15) is 4.68 Å². The number of hydrogen-bond acceptors (Lipinski definition) is 7. The zero-order chi connectivity index (χ0) is 26.5. The highest BCUT2D eigenvalue weighted by Crippen LogP contribution is 2.28. The van der Waals surface area contributed by atoms with Gasteiger partial charge in [-0.3, -0.25) is 4.79 Å². The highest BCUT2D eigenvalue weighted by molar-refractivity contribution is 6.32. The van der Waals surface area contributed by atoms with E-state index >= 15 is 0 Å². The number of carbonyl (C=O) groups is 1. The van der Waals surface area contributed by atoms with Crippen LogP contribution in [0.4, 0.5) is 5.82 Å². The summed E-state index contributed by atoms with van der Waals surface area (Å²) >= 11 is 12.7. The number of aromatic amines is 1. The zero-order valence-corrected chi connectivity index (χ0v) is 21.3. The Bertz CT molecular complexity index is 1570. The van der Waals surface area contributed by atoms with Crippen LogP contribution in [0.15, 0.2) is 79.3 Å². The second-order valence-electron chi connectivity index (χ2n) is 8.30. The van der Waals surface area contributed by atoms with Crippen molar-refractivity contribution < 1.29 is 4.79 Å². The van der Waals surface area contributed by atoms with Gasteiger partial charge in [-0.05, 0) is 58.8 Å². The lowest BCUT2D eigenvalue weighted by Gasteiger charge is -2.16. The molecule has 0 spiro atoms. The van der Waals surface area contributed by atoms with E-state index in [0.717, 1.165) is 5.56 Å². The molecule has 1 atom stereocenters. The minimum atomic E-state index is -0.499. The lowest BCUT2D eigenvalue weighted by Crippen LogP contribution is -2.29. The highest BCUT2D eigenvalue weighted by atomic mass is 35.5. The van der Waals surface area contributed by atoms with Crippen molar-refractivity contribution in [1.29, 1.82) is 0 Å². The monoisotopic (exact) mass is 545 g/mol. The molecule has 0 radical (unpaired) electrons. The van der Waals surface area contributed by atoms with Gasteiger partial charge < -0.3 is 16.0 Å². The predicted octanol–water partition coefficient (Wildman–Crippen LogP) is 4.45. The van der Waals surface area contributed by atoms with Crippen LogP contribution in [-0.2, 0) is 11.2 Å². The van der Waals surface area contributed by atoms with Crippen molar-refractivity contribution in [3.05, 3.63) is 106 Å². The van der Waals surface area contributed by atoms with Crippen LogP contribution in [-0.4, -0.2) is 41.1 Å². The van der Waals surface area contributed by atoms with Gasteiger partial charge in [0.2, 0.25) is 5.91 Å². The second-order valence-corrected chi connectivity index (χ2v) is 9.11. The lowest BCUT2D eigenvalue weighted by atomic mass is 10.1. The summed E-state index contributed by atoms with van der Waals surface area (Å²) < 4.78 is 1.49. The number of carbonyl (C=O) groups excluding carboxylic acids is 1. The first-order valence-corrected chi connectivity index (χ1v) is 12.2. The maximum atomic E-state index is 13.1. The van der Waals surface area contributed by atoms with Crippen molar-refractivity contribution in [2.24, 2.45) is 0 Å². The fourth-order valence-electron chi connectivity index (χ4n) is 3.86. The number of nitrogens with one attached hydrogen (secondary N) is 2. The molecule has 1 amide bonds. The Morgan fingerprint density at radius 2 is 1.97 bits per heavy atom. The minimum absolute atomic E-state index is 0.333. The maximum absolute atomic E-state index is 13.1. The molecule has 0 fully saturated rings. The van der Waals surface area contributed by atoms with Crippen molar-refractivity contribution in [2.75, 3.05) is 5.73 Å². The summed E-state index contributed by atoms with van der Waals surface area (Å²) in [7, 11) is 0. The van der Waals surface area contributed by atoms with Crippen LogP contribution in [0.2, 0.25) is 10.2 Å². The number of nitrogens with two attached hydrogens (primary N) is 1. The number of rotatable bonds is 8. The van der Waals surface area contributed by atoms with Gasteiger partial charge in [-0.25, -0.2) is 9.97 Å². The van der Waals surface area contributed by atoms with E-state index < -0.39 is 6.04 Å². The standard InChI is InChI=1S/C26H21Cl2N9O/c27-19-8-9-21(37-15-31-35-36-37)17(13-19)7-11-23(38)32-20(12-16-4-2-1-3-5-16)26-33-24(25(28)34-26)18-6-10-22(29)30-14-18/h1-11,13-15,20H,12H2,(H2,29,30)(H,32,38)(H,33,34)/t20-/m0/s1. The molecule has 2 aromatic carbocycles. The molecule has 5 rings (SSSR count). The van der Waals surface area contributed by atoms with E-state index in [9.17, 15) is 4.79 Å². The molecule has 4 N–H and O–H groups in total. The van der Waals surface area contributed by atoms with Crippen molar-refractivity contribution in [1.82, 2.24) is 40.5 Å². The van der Waals surface area contributed by atoms with Gasteiger partial charge in [0.15, 0.2) is 0 Å². The molecular weight excluding hydrogens is 525 g/mol. The second kappa shape index (κ2) is 11.2. The molecule has 5 aromatic rings. The zero-order valence-electron chi connectivity index (χ0n) is 19.8. The number of H-pyrrole nitrogens is 1. The number of amides is 1. The van der Waals surface area contributed by atoms with Crippen molar-refractivity contribution in [3.63, 3.8) is 0 Å². The van der Waals surface area contributed by atoms with E-state index in [1.807, 2.05) is 30.3 Å². The fourth-order valence-corrected chi connectivity index (χ4v) is 4.29. The molecule has 10 nitrogen and oxygen atoms in total. The minimum Gasteiger partial charge on any atom is -0.384 e. The summed E-state index contributed by atoms with van der Waals surface area (Å²) in [5, 5.41) is 15.1. The first-order valence-electron chi connectivity index (χ1n) is 11.5. The molecule has 190 valence electrons. The smallest absolute Gasteiger partial charge is 0.244 e. The van der Waals surface area contributed by atoms with Gasteiger partial charge in [-0.15, -0.1) is 5.10 Å². The molecule has 3 heterocycles. The van der Waals surface area contributed by atoms with Gasteiger partial charge in [-0.1, -0.05) is 53.5 Å². The van der Waals surface area contributed by atoms with Crippen LogP contribution < -0.4 is 11.1 Å². The molecule has 0 aliphatic carbocycles. The summed E-state index contributed by atoms with van der Waals surface area (Å²) in [4.78, 5) is 25.0. The number of benzene rings is 2. The van der Waals surface area contributed by atoms with Crippen LogP contribution in [0.1, 0.15) is 23.0 Å². The van der Waals surface area contributed by atoms with Crippen LogP contribution in [0.3, 0.4) is 0 Å². The molecule has 0 aliphatic heterocycles. The van der Waals surface area contributed by atoms with E-state index in [-0.39, 0.29) is 5.91 Å². The fraction of sp³-hybridized carbons (Fsp3) is 0.0769. The molecule has 0 saturated heterocycles. The molecule has 0 saturated carbocycles. The molecule has 12 heteroatoms. The largest absolute Gasteiger partial charge is 0.384 e. The van der Waals surface area contributed by atoms with Crippen molar-refractivity contribution in [3.8, 4) is 16.9 Å². The van der Waals surface area contributed by atoms with Gasteiger partial charge in [0.1, 0.15) is 28.8 Å². The van der Waals surface area contributed by atoms with Gasteiger partial charge in [0.25, 0.3) is 0 Å². The third-order valence-electron chi connectivity index (χ3n) is 5.67. The lowest BCUT2D eigenvalue weighted by molar-refractivity contribution is -0.117. The van der Waals surface area contributed by atoms with E-state index in [4.69, 9.17) is 28.9 Å². The summed E-state index contributed by atoms with van der Waals surface area (Å²) in [6.45, 7) is 0. The van der Waals surface area contributed by atoms with Gasteiger partial charge in [0.05, 0.1) is 11.7 Å². The van der Waals surface area contributed by atoms with Crippen LogP contribution >= 0.6 is 23.2 Å². The van der Waals surface area contributed by atoms with E-state index in [1.54, 1.807) is 42.6 Å². The quantitative estimate of drug-likeness (QED) is 0.244. The number of anilines is 1. The van der Waals surface area contributed by atoms with Gasteiger partial charge in [0, 0.05) is 28.4 Å². The number of imidazole rings is 1. The third-order valence-corrected chi connectivity index (χ3v) is 6.18. The average Bonchev–Trinajstić information content (AvgIpc) is 3.59. The van der Waals surface area contributed by atoms with E-state index in [1.165, 1.54) is 17.1 Å². The molecule has 0 unspecified atom stereocenters. The van der Waals surface area contributed by atoms with Crippen LogP contribution in [0.25, 0.3) is 23.0 Å². The normalized spacial score (nSPS) is 12.1. The van der Waals surface area contributed by atoms with Crippen molar-refractivity contribution >= 4 is 41.0 Å².